The zero-order valence-electron chi connectivity index (χ0n) is 15.0. The van der Waals surface area contributed by atoms with Gasteiger partial charge in [0.05, 0.1) is 17.7 Å². The van der Waals surface area contributed by atoms with Crippen molar-refractivity contribution in [1.29, 1.82) is 0 Å². The van der Waals surface area contributed by atoms with Gasteiger partial charge in [-0.25, -0.2) is 4.98 Å². The molecule has 0 aliphatic carbocycles. The Bertz CT molecular complexity index is 711. The van der Waals surface area contributed by atoms with Crippen LogP contribution in [0.3, 0.4) is 0 Å². The van der Waals surface area contributed by atoms with Crippen LogP contribution >= 0.6 is 11.3 Å². The van der Waals surface area contributed by atoms with E-state index in [1.54, 1.807) is 5.51 Å². The molecule has 0 aromatic carbocycles. The molecule has 2 aromatic rings. The number of hydrogen-bond acceptors (Lipinski definition) is 7. The van der Waals surface area contributed by atoms with Crippen molar-refractivity contribution in [3.05, 3.63) is 27.9 Å². The third-order valence-corrected chi connectivity index (χ3v) is 5.37. The number of aryl methyl sites for hydroxylation is 1. The van der Waals surface area contributed by atoms with E-state index in [9.17, 15) is 4.79 Å². The molecule has 1 unspecified atom stereocenters. The van der Waals surface area contributed by atoms with E-state index in [1.807, 2.05) is 20.8 Å². The zero-order chi connectivity index (χ0) is 17.8. The summed E-state index contributed by atoms with van der Waals surface area (Å²) in [5.41, 5.74) is 2.51. The van der Waals surface area contributed by atoms with Crippen LogP contribution in [0.4, 0.5) is 0 Å². The van der Waals surface area contributed by atoms with Gasteiger partial charge in [-0.1, -0.05) is 13.8 Å². The fraction of sp³-hybridized carbons (Fsp3) is 0.647. The summed E-state index contributed by atoms with van der Waals surface area (Å²) >= 11 is 1.39. The van der Waals surface area contributed by atoms with Crippen LogP contribution < -0.4 is 5.32 Å². The lowest BCUT2D eigenvalue weighted by atomic mass is 9.98. The average Bonchev–Trinajstić information content (AvgIpc) is 3.22. The van der Waals surface area contributed by atoms with Gasteiger partial charge in [0, 0.05) is 19.0 Å². The summed E-state index contributed by atoms with van der Waals surface area (Å²) in [7, 11) is 0. The van der Waals surface area contributed by atoms with Crippen LogP contribution in [0.25, 0.3) is 0 Å². The van der Waals surface area contributed by atoms with Gasteiger partial charge in [-0.3, -0.25) is 9.69 Å². The molecule has 3 heterocycles. The predicted octanol–water partition coefficient (Wildman–Crippen LogP) is 2.60. The maximum absolute atomic E-state index is 12.2. The largest absolute Gasteiger partial charge is 0.424 e. The van der Waals surface area contributed by atoms with Crippen molar-refractivity contribution < 1.29 is 9.21 Å². The molecule has 1 N–H and O–H groups in total. The minimum Gasteiger partial charge on any atom is -0.424 e. The molecule has 8 heteroatoms. The molecule has 1 aliphatic heterocycles. The lowest BCUT2D eigenvalue weighted by Crippen LogP contribution is -2.40. The van der Waals surface area contributed by atoms with Gasteiger partial charge >= 0.3 is 0 Å². The monoisotopic (exact) mass is 363 g/mol. The normalized spacial score (nSPS) is 18.6. The van der Waals surface area contributed by atoms with Crippen molar-refractivity contribution in [1.82, 2.24) is 25.4 Å². The number of nitrogens with one attached hydrogen (secondary N) is 1. The molecular weight excluding hydrogens is 338 g/mol. The Morgan fingerprint density at radius 1 is 1.48 bits per heavy atom. The third-order valence-electron chi connectivity index (χ3n) is 4.44. The number of aromatic nitrogens is 3. The number of likely N-dealkylation sites (tertiary alicyclic amines) is 1. The molecule has 3 rings (SSSR count). The average molecular weight is 363 g/mol. The van der Waals surface area contributed by atoms with Crippen LogP contribution in [-0.4, -0.2) is 45.6 Å². The highest BCUT2D eigenvalue weighted by atomic mass is 32.1. The van der Waals surface area contributed by atoms with Crippen molar-refractivity contribution in [2.45, 2.75) is 46.1 Å². The molecule has 0 saturated carbocycles. The molecule has 1 fully saturated rings. The molecule has 2 aromatic heterocycles. The fourth-order valence-corrected chi connectivity index (χ4v) is 3.77. The van der Waals surface area contributed by atoms with E-state index in [0.29, 0.717) is 35.7 Å². The quantitative estimate of drug-likeness (QED) is 0.849. The SMILES string of the molecule is Cc1ncsc1C(=O)NCC1CCCN(Cc2nnc(C(C)C)o2)C1. The van der Waals surface area contributed by atoms with Gasteiger partial charge in [0.2, 0.25) is 11.8 Å². The van der Waals surface area contributed by atoms with Crippen molar-refractivity contribution in [2.24, 2.45) is 5.92 Å². The molecule has 1 aliphatic rings. The van der Waals surface area contributed by atoms with Gasteiger partial charge in [0.25, 0.3) is 5.91 Å². The number of amides is 1. The molecule has 136 valence electrons. The van der Waals surface area contributed by atoms with Crippen molar-refractivity contribution in [3.63, 3.8) is 0 Å². The highest BCUT2D eigenvalue weighted by Crippen LogP contribution is 2.19. The van der Waals surface area contributed by atoms with Gasteiger partial charge in [0.15, 0.2) is 0 Å². The number of carbonyl (C=O) groups is 1. The van der Waals surface area contributed by atoms with Gasteiger partial charge in [-0.2, -0.15) is 0 Å². The Labute approximate surface area is 151 Å². The first kappa shape index (κ1) is 18.0. The van der Waals surface area contributed by atoms with E-state index in [-0.39, 0.29) is 11.8 Å². The summed E-state index contributed by atoms with van der Waals surface area (Å²) in [5.74, 6) is 2.04. The molecule has 1 atom stereocenters. The first-order valence-electron chi connectivity index (χ1n) is 8.76. The maximum atomic E-state index is 12.2. The molecule has 0 bridgehead atoms. The fourth-order valence-electron chi connectivity index (χ4n) is 3.05. The molecule has 0 radical (unpaired) electrons. The first-order valence-corrected chi connectivity index (χ1v) is 9.63. The van der Waals surface area contributed by atoms with Crippen LogP contribution in [0, 0.1) is 12.8 Å². The Morgan fingerprint density at radius 2 is 2.32 bits per heavy atom. The van der Waals surface area contributed by atoms with E-state index >= 15 is 0 Å². The lowest BCUT2D eigenvalue weighted by molar-refractivity contribution is 0.0930. The molecular formula is C17H25N5O2S. The Kier molecular flexibility index (Phi) is 5.80. The van der Waals surface area contributed by atoms with Crippen LogP contribution in [0.15, 0.2) is 9.93 Å². The molecule has 0 spiro atoms. The maximum Gasteiger partial charge on any atom is 0.263 e. The van der Waals surface area contributed by atoms with Crippen molar-refractivity contribution in [2.75, 3.05) is 19.6 Å². The van der Waals surface area contributed by atoms with Gasteiger partial charge < -0.3 is 9.73 Å². The van der Waals surface area contributed by atoms with E-state index in [1.165, 1.54) is 11.3 Å². The first-order chi connectivity index (χ1) is 12.0. The smallest absolute Gasteiger partial charge is 0.263 e. The highest BCUT2D eigenvalue weighted by Gasteiger charge is 2.23. The number of piperidine rings is 1. The van der Waals surface area contributed by atoms with Crippen LogP contribution in [0.1, 0.15) is 59.8 Å². The van der Waals surface area contributed by atoms with Crippen LogP contribution in [-0.2, 0) is 6.54 Å². The van der Waals surface area contributed by atoms with E-state index < -0.39 is 0 Å². The highest BCUT2D eigenvalue weighted by molar-refractivity contribution is 7.11. The standard InChI is InChI=1S/C17H25N5O2S/c1-11(2)17-21-20-14(24-17)9-22-6-4-5-13(8-22)7-18-16(23)15-12(3)19-10-25-15/h10-11,13H,4-9H2,1-3H3,(H,18,23). The van der Waals surface area contributed by atoms with E-state index in [2.05, 4.69) is 25.4 Å². The minimum absolute atomic E-state index is 0.0180. The Morgan fingerprint density at radius 3 is 3.00 bits per heavy atom. The van der Waals surface area contributed by atoms with E-state index in [0.717, 1.165) is 31.6 Å². The summed E-state index contributed by atoms with van der Waals surface area (Å²) < 4.78 is 5.70. The topological polar surface area (TPSA) is 84.2 Å². The number of hydrogen-bond donors (Lipinski definition) is 1. The molecule has 7 nitrogen and oxygen atoms in total. The summed E-state index contributed by atoms with van der Waals surface area (Å²) in [5, 5.41) is 11.3. The van der Waals surface area contributed by atoms with Crippen LogP contribution in [0.5, 0.6) is 0 Å². The van der Waals surface area contributed by atoms with Crippen molar-refractivity contribution >= 4 is 17.2 Å². The minimum atomic E-state index is -0.0180. The second kappa shape index (κ2) is 8.05. The van der Waals surface area contributed by atoms with Crippen molar-refractivity contribution in [3.8, 4) is 0 Å². The second-order valence-electron chi connectivity index (χ2n) is 6.91. The van der Waals surface area contributed by atoms with Gasteiger partial charge in [-0.15, -0.1) is 21.5 Å². The zero-order valence-corrected chi connectivity index (χ0v) is 15.8. The summed E-state index contributed by atoms with van der Waals surface area (Å²) in [6.07, 6.45) is 2.24. The number of nitrogens with zero attached hydrogens (tertiary/aromatic N) is 4. The van der Waals surface area contributed by atoms with E-state index in [4.69, 9.17) is 4.42 Å². The number of thiazole rings is 1. The van der Waals surface area contributed by atoms with Gasteiger partial charge in [0.1, 0.15) is 4.88 Å². The second-order valence-corrected chi connectivity index (χ2v) is 7.76. The summed E-state index contributed by atoms with van der Waals surface area (Å²) in [6.45, 7) is 9.28. The Balaban J connectivity index is 1.49. The molecule has 1 amide bonds. The van der Waals surface area contributed by atoms with Crippen LogP contribution in [0.2, 0.25) is 0 Å². The van der Waals surface area contributed by atoms with Gasteiger partial charge in [-0.05, 0) is 32.2 Å². The Hall–Kier alpha value is -1.80. The third kappa shape index (κ3) is 4.64. The predicted molar refractivity (Wildman–Crippen MR) is 95.6 cm³/mol. The summed E-state index contributed by atoms with van der Waals surface area (Å²) in [6, 6.07) is 0. The number of rotatable bonds is 6. The lowest BCUT2D eigenvalue weighted by Gasteiger charge is -2.31. The number of carbonyl (C=O) groups excluding carboxylic acids is 1. The molecule has 25 heavy (non-hydrogen) atoms. The summed E-state index contributed by atoms with van der Waals surface area (Å²) in [4.78, 5) is 19.4. The molecule has 1 saturated heterocycles.